The van der Waals surface area contributed by atoms with Crippen molar-refractivity contribution in [2.24, 2.45) is 5.10 Å². The van der Waals surface area contributed by atoms with E-state index in [0.717, 1.165) is 4.88 Å². The van der Waals surface area contributed by atoms with Gasteiger partial charge in [0.05, 0.1) is 15.6 Å². The van der Waals surface area contributed by atoms with Crippen molar-refractivity contribution in [1.82, 2.24) is 4.83 Å². The molecule has 0 saturated carbocycles. The molecule has 0 aliphatic rings. The quantitative estimate of drug-likeness (QED) is 0.368. The molecule has 0 bridgehead atoms. The Labute approximate surface area is 188 Å². The summed E-state index contributed by atoms with van der Waals surface area (Å²) in [4.78, 5) is 16.0. The van der Waals surface area contributed by atoms with Gasteiger partial charge in [0.25, 0.3) is 15.9 Å². The van der Waals surface area contributed by atoms with E-state index in [1.54, 1.807) is 37.3 Å². The van der Waals surface area contributed by atoms with E-state index in [1.807, 2.05) is 13.0 Å². The number of hydrogen-bond donors (Lipinski definition) is 2. The molecule has 30 heavy (non-hydrogen) atoms. The number of sulfonamides is 1. The van der Waals surface area contributed by atoms with Gasteiger partial charge in [-0.2, -0.15) is 18.4 Å². The minimum atomic E-state index is -4.00. The molecule has 0 saturated heterocycles. The lowest BCUT2D eigenvalue weighted by atomic mass is 10.1. The highest BCUT2D eigenvalue weighted by molar-refractivity contribution is 7.89. The molecule has 6 nitrogen and oxygen atoms in total. The zero-order chi connectivity index (χ0) is 21.9. The van der Waals surface area contributed by atoms with Gasteiger partial charge in [0.1, 0.15) is 4.90 Å². The maximum atomic E-state index is 12.5. The fraction of sp³-hybridized carbons (Fsp3) is 0.100. The number of nitrogens with one attached hydrogen (secondary N) is 2. The van der Waals surface area contributed by atoms with Crippen LogP contribution in [0.4, 0.5) is 5.69 Å². The van der Waals surface area contributed by atoms with Gasteiger partial charge in [0, 0.05) is 15.6 Å². The molecule has 0 aliphatic heterocycles. The third kappa shape index (κ3) is 5.40. The van der Waals surface area contributed by atoms with Crippen LogP contribution in [0.15, 0.2) is 64.6 Å². The Bertz CT molecular complexity index is 1240. The van der Waals surface area contributed by atoms with E-state index < -0.39 is 10.0 Å². The third-order valence-corrected chi connectivity index (χ3v) is 6.94. The second kappa shape index (κ2) is 9.18. The topological polar surface area (TPSA) is 87.6 Å². The summed E-state index contributed by atoms with van der Waals surface area (Å²) < 4.78 is 25.0. The van der Waals surface area contributed by atoms with Gasteiger partial charge in [0.15, 0.2) is 0 Å². The van der Waals surface area contributed by atoms with Crippen LogP contribution >= 0.6 is 34.5 Å². The molecule has 0 spiro atoms. The van der Waals surface area contributed by atoms with Crippen molar-refractivity contribution in [3.63, 3.8) is 0 Å². The van der Waals surface area contributed by atoms with E-state index in [4.69, 9.17) is 23.2 Å². The summed E-state index contributed by atoms with van der Waals surface area (Å²) in [5.41, 5.74) is 1.61. The van der Waals surface area contributed by atoms with Crippen molar-refractivity contribution in [3.8, 4) is 0 Å². The fourth-order valence-corrected chi connectivity index (χ4v) is 4.88. The Balaban J connectivity index is 1.77. The summed E-state index contributed by atoms with van der Waals surface area (Å²) in [6.07, 6.45) is 0. The minimum Gasteiger partial charge on any atom is -0.321 e. The maximum Gasteiger partial charge on any atom is 0.278 e. The van der Waals surface area contributed by atoms with Gasteiger partial charge in [-0.15, -0.1) is 11.3 Å². The number of amides is 1. The highest BCUT2D eigenvalue weighted by Gasteiger charge is 2.18. The van der Waals surface area contributed by atoms with Crippen LogP contribution in [0.2, 0.25) is 10.0 Å². The first-order chi connectivity index (χ1) is 14.2. The van der Waals surface area contributed by atoms with Gasteiger partial charge in [-0.05, 0) is 61.9 Å². The van der Waals surface area contributed by atoms with E-state index in [-0.39, 0.29) is 20.8 Å². The lowest BCUT2D eigenvalue weighted by Gasteiger charge is -2.09. The van der Waals surface area contributed by atoms with Gasteiger partial charge in [0.2, 0.25) is 0 Å². The van der Waals surface area contributed by atoms with Crippen molar-refractivity contribution < 1.29 is 13.2 Å². The monoisotopic (exact) mass is 481 g/mol. The average Bonchev–Trinajstić information content (AvgIpc) is 3.14. The SMILES string of the molecule is CC(=NNS(=O)(=O)c1cc(Cl)ccc1Cl)c1cccc(NC(=O)c2ccc(C)s2)c1. The summed E-state index contributed by atoms with van der Waals surface area (Å²) >= 11 is 13.2. The third-order valence-electron chi connectivity index (χ3n) is 4.02. The van der Waals surface area contributed by atoms with E-state index in [1.165, 1.54) is 29.5 Å². The molecule has 1 heterocycles. The number of carbonyl (C=O) groups is 1. The smallest absolute Gasteiger partial charge is 0.278 e. The number of carbonyl (C=O) groups excluding carboxylic acids is 1. The Morgan fingerprint density at radius 2 is 1.83 bits per heavy atom. The first-order valence-corrected chi connectivity index (χ1v) is 11.7. The van der Waals surface area contributed by atoms with E-state index in [9.17, 15) is 13.2 Å². The predicted molar refractivity (Wildman–Crippen MR) is 122 cm³/mol. The Morgan fingerprint density at radius 1 is 1.07 bits per heavy atom. The standard InChI is InChI=1S/C20H17Cl2N3O3S2/c1-12-6-9-18(29-12)20(26)23-16-5-3-4-14(10-16)13(2)24-25-30(27,28)19-11-15(21)7-8-17(19)22/h3-11,25H,1-2H3,(H,23,26). The number of aryl methyl sites for hydroxylation is 1. The molecule has 1 aromatic heterocycles. The molecule has 0 fully saturated rings. The van der Waals surface area contributed by atoms with Crippen molar-refractivity contribution >= 4 is 61.9 Å². The first-order valence-electron chi connectivity index (χ1n) is 8.65. The molecule has 0 unspecified atom stereocenters. The summed E-state index contributed by atoms with van der Waals surface area (Å²) in [7, 11) is -4.00. The molecule has 156 valence electrons. The molecule has 3 rings (SSSR count). The van der Waals surface area contributed by atoms with Crippen molar-refractivity contribution in [3.05, 3.63) is 80.0 Å². The molecule has 10 heteroatoms. The van der Waals surface area contributed by atoms with Crippen LogP contribution in [-0.2, 0) is 10.0 Å². The van der Waals surface area contributed by atoms with Crippen LogP contribution < -0.4 is 10.1 Å². The number of rotatable bonds is 6. The molecule has 2 aromatic carbocycles. The van der Waals surface area contributed by atoms with Crippen LogP contribution in [0.25, 0.3) is 0 Å². The summed E-state index contributed by atoms with van der Waals surface area (Å²) in [6.45, 7) is 3.57. The molecule has 3 aromatic rings. The first kappa shape index (κ1) is 22.3. The number of hydrogen-bond acceptors (Lipinski definition) is 5. The highest BCUT2D eigenvalue weighted by Crippen LogP contribution is 2.25. The second-order valence-electron chi connectivity index (χ2n) is 6.31. The molecule has 0 aliphatic carbocycles. The van der Waals surface area contributed by atoms with E-state index in [0.29, 0.717) is 21.8 Å². The largest absolute Gasteiger partial charge is 0.321 e. The minimum absolute atomic E-state index is 0.0354. The number of thiophene rings is 1. The van der Waals surface area contributed by atoms with Gasteiger partial charge >= 0.3 is 0 Å². The second-order valence-corrected chi connectivity index (χ2v) is 10.1. The van der Waals surface area contributed by atoms with Gasteiger partial charge in [-0.3, -0.25) is 4.79 Å². The van der Waals surface area contributed by atoms with Crippen LogP contribution in [0, 0.1) is 6.92 Å². The summed E-state index contributed by atoms with van der Waals surface area (Å²) in [5, 5.41) is 7.06. The summed E-state index contributed by atoms with van der Waals surface area (Å²) in [5.74, 6) is -0.212. The van der Waals surface area contributed by atoms with Gasteiger partial charge in [-0.1, -0.05) is 35.3 Å². The van der Waals surface area contributed by atoms with Crippen LogP contribution in [-0.4, -0.2) is 20.0 Å². The molecule has 0 radical (unpaired) electrons. The number of benzene rings is 2. The number of hydrazone groups is 1. The molecular formula is C20H17Cl2N3O3S2. The molecule has 1 amide bonds. The number of halogens is 2. The van der Waals surface area contributed by atoms with Crippen molar-refractivity contribution in [2.45, 2.75) is 18.7 Å². The van der Waals surface area contributed by atoms with Crippen LogP contribution in [0.3, 0.4) is 0 Å². The van der Waals surface area contributed by atoms with Crippen LogP contribution in [0.5, 0.6) is 0 Å². The lowest BCUT2D eigenvalue weighted by Crippen LogP contribution is -2.20. The predicted octanol–water partition coefficient (Wildman–Crippen LogP) is 5.32. The Kier molecular flexibility index (Phi) is 6.82. The Morgan fingerprint density at radius 3 is 2.53 bits per heavy atom. The molecule has 2 N–H and O–H groups in total. The Hall–Kier alpha value is -2.39. The number of anilines is 1. The lowest BCUT2D eigenvalue weighted by molar-refractivity contribution is 0.103. The average molecular weight is 482 g/mol. The molecular weight excluding hydrogens is 465 g/mol. The van der Waals surface area contributed by atoms with E-state index >= 15 is 0 Å². The van der Waals surface area contributed by atoms with Crippen molar-refractivity contribution in [1.29, 1.82) is 0 Å². The zero-order valence-electron chi connectivity index (χ0n) is 15.9. The fourth-order valence-electron chi connectivity index (χ4n) is 2.50. The van der Waals surface area contributed by atoms with Crippen molar-refractivity contribution in [2.75, 3.05) is 5.32 Å². The maximum absolute atomic E-state index is 12.5. The van der Waals surface area contributed by atoms with Crippen LogP contribution in [0.1, 0.15) is 27.0 Å². The highest BCUT2D eigenvalue weighted by atomic mass is 35.5. The molecule has 0 atom stereocenters. The van der Waals surface area contributed by atoms with Gasteiger partial charge in [-0.25, -0.2) is 0 Å². The zero-order valence-corrected chi connectivity index (χ0v) is 19.1. The van der Waals surface area contributed by atoms with E-state index in [2.05, 4.69) is 15.2 Å². The summed E-state index contributed by atoms with van der Waals surface area (Å²) in [6, 6.07) is 14.7. The number of nitrogens with zero attached hydrogens (tertiary/aromatic N) is 1. The normalized spacial score (nSPS) is 11.9. The van der Waals surface area contributed by atoms with Gasteiger partial charge < -0.3 is 5.32 Å².